The Morgan fingerprint density at radius 2 is 1.70 bits per heavy atom. The van der Waals surface area contributed by atoms with E-state index in [0.29, 0.717) is 0 Å². The fourth-order valence-corrected chi connectivity index (χ4v) is 6.16. The summed E-state index contributed by atoms with van der Waals surface area (Å²) >= 11 is 0. The number of hydrogen-bond donors (Lipinski definition) is 0. The van der Waals surface area contributed by atoms with E-state index in [1.165, 1.54) is 22.3 Å². The number of carbonyl (C=O) groups excluding carboxylic acids is 1. The molecule has 1 aromatic carbocycles. The van der Waals surface area contributed by atoms with E-state index in [4.69, 9.17) is 0 Å². The van der Waals surface area contributed by atoms with Gasteiger partial charge >= 0.3 is 0 Å². The molecule has 0 saturated heterocycles. The highest BCUT2D eigenvalue weighted by atomic mass is 32.2. The van der Waals surface area contributed by atoms with Crippen LogP contribution < -0.4 is 0 Å². The van der Waals surface area contributed by atoms with Crippen LogP contribution in [0.1, 0.15) is 59.3 Å². The van der Waals surface area contributed by atoms with Crippen LogP contribution in [0.15, 0.2) is 17.2 Å². The molecule has 1 aromatic heterocycles. The number of Topliss-reactive ketones (excluding diaryl/α,β-unsaturated/α-hetero) is 1. The highest BCUT2D eigenvalue weighted by Crippen LogP contribution is 2.35. The molecule has 2 aliphatic carbocycles. The van der Waals surface area contributed by atoms with E-state index in [1.54, 1.807) is 17.8 Å². The smallest absolute Gasteiger partial charge is 0.204 e. The predicted octanol–water partition coefficient (Wildman–Crippen LogP) is 2.61. The number of aryl methyl sites for hydroxylation is 3. The van der Waals surface area contributed by atoms with Gasteiger partial charge in [0.05, 0.1) is 5.69 Å². The first-order valence-corrected chi connectivity index (χ1v) is 12.4. The molecule has 7 heteroatoms. The summed E-state index contributed by atoms with van der Waals surface area (Å²) in [6, 6.07) is 3.96. The van der Waals surface area contributed by atoms with Crippen LogP contribution >= 0.6 is 0 Å². The summed E-state index contributed by atoms with van der Waals surface area (Å²) in [5, 5.41) is 4.20. The van der Waals surface area contributed by atoms with Crippen molar-refractivity contribution in [2.24, 2.45) is 7.05 Å². The molecule has 1 unspecified atom stereocenters. The third-order valence-electron chi connectivity index (χ3n) is 6.74. The monoisotopic (exact) mass is 429 g/mol. The van der Waals surface area contributed by atoms with Crippen LogP contribution in [0.5, 0.6) is 0 Å². The van der Waals surface area contributed by atoms with Crippen molar-refractivity contribution in [3.8, 4) is 0 Å². The lowest BCUT2D eigenvalue weighted by molar-refractivity contribution is -0.116. The Morgan fingerprint density at radius 3 is 2.27 bits per heavy atom. The SMILES string of the molecule is CC(c1cc(S(=O)(=O)CC(=O)Cc2c3c(cc4c2CCC4)CCC3)nn1C)N(C)C. The number of carbonyl (C=O) groups is 1. The largest absolute Gasteiger partial charge is 0.301 e. The highest BCUT2D eigenvalue weighted by Gasteiger charge is 2.29. The van der Waals surface area contributed by atoms with E-state index < -0.39 is 15.6 Å². The molecular weight excluding hydrogens is 398 g/mol. The molecule has 0 amide bonds. The average molecular weight is 430 g/mol. The summed E-state index contributed by atoms with van der Waals surface area (Å²) in [5.41, 5.74) is 7.29. The standard InChI is InChI=1S/C23H31N3O3S/c1-15(25(2)3)22-13-23(24-26(22)4)30(28,29)14-18(27)12-21-19-9-5-7-16(19)11-17-8-6-10-20(17)21/h11,13,15H,5-10,12,14H2,1-4H3. The van der Waals surface area contributed by atoms with Gasteiger partial charge in [-0.1, -0.05) is 6.07 Å². The second kappa shape index (κ2) is 7.93. The minimum absolute atomic E-state index is 0.00873. The van der Waals surface area contributed by atoms with Gasteiger partial charge in [-0.3, -0.25) is 9.48 Å². The number of hydrogen-bond acceptors (Lipinski definition) is 5. The predicted molar refractivity (Wildman–Crippen MR) is 117 cm³/mol. The summed E-state index contributed by atoms with van der Waals surface area (Å²) in [7, 11) is 1.85. The zero-order valence-corrected chi connectivity index (χ0v) is 19.2. The number of rotatable bonds is 7. The molecule has 0 fully saturated rings. The molecule has 2 aromatic rings. The average Bonchev–Trinajstić information content (AvgIpc) is 3.39. The lowest BCUT2D eigenvalue weighted by atomic mass is 9.91. The molecule has 2 aliphatic rings. The third kappa shape index (κ3) is 3.85. The van der Waals surface area contributed by atoms with Gasteiger partial charge in [-0.05, 0) is 87.4 Å². The summed E-state index contributed by atoms with van der Waals surface area (Å²) in [4.78, 5) is 14.9. The van der Waals surface area contributed by atoms with Crippen LogP contribution in [-0.2, 0) is 53.8 Å². The minimum atomic E-state index is -3.77. The van der Waals surface area contributed by atoms with Crippen molar-refractivity contribution >= 4 is 15.6 Å². The highest BCUT2D eigenvalue weighted by molar-refractivity contribution is 7.92. The summed E-state index contributed by atoms with van der Waals surface area (Å²) in [6.07, 6.45) is 6.62. The molecule has 0 spiro atoms. The molecule has 30 heavy (non-hydrogen) atoms. The van der Waals surface area contributed by atoms with E-state index in [1.807, 2.05) is 25.9 Å². The molecular formula is C23H31N3O3S. The lowest BCUT2D eigenvalue weighted by Crippen LogP contribution is -2.20. The molecule has 0 N–H and O–H groups in total. The Bertz CT molecular complexity index is 1070. The number of aromatic nitrogens is 2. The van der Waals surface area contributed by atoms with Crippen LogP contribution in [0, 0.1) is 0 Å². The van der Waals surface area contributed by atoms with Gasteiger partial charge in [0.15, 0.2) is 10.8 Å². The molecule has 0 saturated carbocycles. The van der Waals surface area contributed by atoms with E-state index in [9.17, 15) is 13.2 Å². The first-order valence-electron chi connectivity index (χ1n) is 10.8. The second-order valence-electron chi connectivity index (χ2n) is 8.98. The molecule has 0 radical (unpaired) electrons. The zero-order chi connectivity index (χ0) is 21.6. The van der Waals surface area contributed by atoms with Crippen molar-refractivity contribution in [1.82, 2.24) is 14.7 Å². The van der Waals surface area contributed by atoms with Gasteiger partial charge in [0.25, 0.3) is 0 Å². The zero-order valence-electron chi connectivity index (χ0n) is 18.4. The Balaban J connectivity index is 1.56. The van der Waals surface area contributed by atoms with Crippen molar-refractivity contribution in [2.45, 2.75) is 62.9 Å². The maximum Gasteiger partial charge on any atom is 0.204 e. The fraction of sp³-hybridized carbons (Fsp3) is 0.565. The van der Waals surface area contributed by atoms with E-state index in [2.05, 4.69) is 11.2 Å². The first kappa shape index (κ1) is 21.2. The van der Waals surface area contributed by atoms with Crippen LogP contribution in [-0.4, -0.2) is 48.7 Å². The normalized spacial score (nSPS) is 16.7. The topological polar surface area (TPSA) is 72.3 Å². The van der Waals surface area contributed by atoms with Crippen LogP contribution in [0.4, 0.5) is 0 Å². The Hall–Kier alpha value is -1.99. The van der Waals surface area contributed by atoms with Gasteiger partial charge in [-0.2, -0.15) is 5.10 Å². The molecule has 162 valence electrons. The Kier molecular flexibility index (Phi) is 5.62. The summed E-state index contributed by atoms with van der Waals surface area (Å²) < 4.78 is 27.5. The van der Waals surface area contributed by atoms with Crippen molar-refractivity contribution in [3.63, 3.8) is 0 Å². The minimum Gasteiger partial charge on any atom is -0.301 e. The van der Waals surface area contributed by atoms with Crippen molar-refractivity contribution < 1.29 is 13.2 Å². The van der Waals surface area contributed by atoms with Crippen molar-refractivity contribution in [1.29, 1.82) is 0 Å². The Labute approximate surface area is 179 Å². The number of sulfone groups is 1. The number of nitrogens with zero attached hydrogens (tertiary/aromatic N) is 3. The third-order valence-corrected chi connectivity index (χ3v) is 8.28. The molecule has 1 heterocycles. The van der Waals surface area contributed by atoms with Crippen molar-refractivity contribution in [2.75, 3.05) is 19.8 Å². The maximum absolute atomic E-state index is 12.9. The van der Waals surface area contributed by atoms with Gasteiger partial charge < -0.3 is 4.90 Å². The summed E-state index contributed by atoms with van der Waals surface area (Å²) in [6.45, 7) is 2.00. The lowest BCUT2D eigenvalue weighted by Gasteiger charge is -2.19. The van der Waals surface area contributed by atoms with Gasteiger partial charge in [-0.25, -0.2) is 8.42 Å². The molecule has 4 rings (SSSR count). The number of benzene rings is 1. The maximum atomic E-state index is 12.9. The van der Waals surface area contributed by atoms with E-state index in [0.717, 1.165) is 49.8 Å². The van der Waals surface area contributed by atoms with Gasteiger partial charge in [0.1, 0.15) is 5.75 Å². The van der Waals surface area contributed by atoms with Gasteiger partial charge in [0.2, 0.25) is 9.84 Å². The Morgan fingerprint density at radius 1 is 1.10 bits per heavy atom. The molecule has 6 nitrogen and oxygen atoms in total. The number of fused-ring (bicyclic) bond motifs is 2. The van der Waals surface area contributed by atoms with Crippen molar-refractivity contribution in [3.05, 3.63) is 45.6 Å². The van der Waals surface area contributed by atoms with Crippen LogP contribution in [0.2, 0.25) is 0 Å². The molecule has 0 aliphatic heterocycles. The van der Waals surface area contributed by atoms with Gasteiger partial charge in [0, 0.05) is 25.6 Å². The van der Waals surface area contributed by atoms with E-state index in [-0.39, 0.29) is 23.3 Å². The molecule has 0 bridgehead atoms. The van der Waals surface area contributed by atoms with Gasteiger partial charge in [-0.15, -0.1) is 0 Å². The molecule has 1 atom stereocenters. The summed E-state index contributed by atoms with van der Waals surface area (Å²) in [5.74, 6) is -0.727. The van der Waals surface area contributed by atoms with Crippen LogP contribution in [0.25, 0.3) is 0 Å². The van der Waals surface area contributed by atoms with Crippen LogP contribution in [0.3, 0.4) is 0 Å². The second-order valence-corrected chi connectivity index (χ2v) is 10.9. The quantitative estimate of drug-likeness (QED) is 0.677. The number of ketones is 1. The fourth-order valence-electron chi connectivity index (χ4n) is 4.94. The van der Waals surface area contributed by atoms with E-state index >= 15 is 0 Å². The first-order chi connectivity index (χ1) is 14.2.